The molecule has 0 fully saturated rings. The third-order valence-electron chi connectivity index (χ3n) is 10.5. The normalized spacial score (nSPS) is 11.1. The maximum Gasteiger partial charge on any atom is 0.193 e. The summed E-state index contributed by atoms with van der Waals surface area (Å²) in [5, 5.41) is 8.09. The van der Waals surface area contributed by atoms with Gasteiger partial charge in [0.15, 0.2) is 5.78 Å². The molecule has 5 heteroatoms. The van der Waals surface area contributed by atoms with Crippen LogP contribution in [0.25, 0.3) is 0 Å². The molecule has 0 bridgehead atoms. The van der Waals surface area contributed by atoms with E-state index in [1.54, 1.807) is 0 Å². The summed E-state index contributed by atoms with van der Waals surface area (Å²) in [4.78, 5) is 14.0. The first-order valence-corrected chi connectivity index (χ1v) is 22.4. The van der Waals surface area contributed by atoms with Gasteiger partial charge in [-0.25, -0.2) is 0 Å². The topological polar surface area (TPSA) is 17.1 Å². The van der Waals surface area contributed by atoms with E-state index >= 15 is 0 Å². The molecule has 0 atom stereocenters. The molecule has 0 spiro atoms. The maximum absolute atomic E-state index is 14.0. The lowest BCUT2D eigenvalue weighted by Gasteiger charge is -2.28. The molecular weight excluding hydrogens is 850 g/mol. The standard InChI is InChI=1S/C51H42OP2.2BrH/c52-51(43-35-31-41(32-36-43)39-53(45-19-7-1-8-20-45,46-21-9-2-10-22-46)47-23-11-3-12-24-47)44-37-33-42(34-38-44)40-54(48-25-13-4-14-26-48,49-27-15-5-16-28-49)50-29-17-6-18-30-50;;/h1-38H,39-40H2;2*1H/q+2;;/p-2. The van der Waals surface area contributed by atoms with Crippen molar-refractivity contribution in [2.75, 3.05) is 0 Å². The highest BCUT2D eigenvalue weighted by atomic mass is 79.9. The molecule has 56 heavy (non-hydrogen) atoms. The van der Waals surface area contributed by atoms with Gasteiger partial charge >= 0.3 is 0 Å². The van der Waals surface area contributed by atoms with Crippen LogP contribution in [0.1, 0.15) is 27.0 Å². The molecule has 0 aliphatic rings. The van der Waals surface area contributed by atoms with Crippen LogP contribution < -0.4 is 65.8 Å². The lowest BCUT2D eigenvalue weighted by molar-refractivity contribution is -0.00100. The van der Waals surface area contributed by atoms with E-state index in [4.69, 9.17) is 0 Å². The average molecular weight is 893 g/mol. The molecule has 0 saturated heterocycles. The molecule has 0 unspecified atom stereocenters. The van der Waals surface area contributed by atoms with Crippen LogP contribution in [-0.2, 0) is 12.3 Å². The summed E-state index contributed by atoms with van der Waals surface area (Å²) < 4.78 is 0. The van der Waals surface area contributed by atoms with Crippen LogP contribution in [0.5, 0.6) is 0 Å². The highest BCUT2D eigenvalue weighted by Crippen LogP contribution is 2.59. The van der Waals surface area contributed by atoms with Gasteiger partial charge in [0.25, 0.3) is 0 Å². The number of benzene rings is 8. The second-order valence-corrected chi connectivity index (χ2v) is 20.6. The number of hydrogen-bond acceptors (Lipinski definition) is 1. The number of carbonyl (C=O) groups is 1. The van der Waals surface area contributed by atoms with E-state index in [9.17, 15) is 4.79 Å². The average Bonchev–Trinajstić information content (AvgIpc) is 3.27. The highest BCUT2D eigenvalue weighted by Gasteiger charge is 2.46. The van der Waals surface area contributed by atoms with E-state index in [1.165, 1.54) is 43.0 Å². The van der Waals surface area contributed by atoms with Crippen molar-refractivity contribution in [2.45, 2.75) is 12.3 Å². The Balaban J connectivity index is 0.00000266. The van der Waals surface area contributed by atoms with Crippen LogP contribution in [0.3, 0.4) is 0 Å². The number of hydrogen-bond donors (Lipinski definition) is 0. The molecule has 0 aromatic heterocycles. The largest absolute Gasteiger partial charge is 1.00 e. The van der Waals surface area contributed by atoms with Crippen molar-refractivity contribution in [3.05, 3.63) is 253 Å². The third-order valence-corrected chi connectivity index (χ3v) is 19.2. The van der Waals surface area contributed by atoms with E-state index in [1.807, 2.05) is 24.3 Å². The van der Waals surface area contributed by atoms with Crippen molar-refractivity contribution in [1.82, 2.24) is 0 Å². The molecule has 8 aromatic rings. The van der Waals surface area contributed by atoms with Crippen LogP contribution in [0.4, 0.5) is 0 Å². The predicted octanol–water partition coefficient (Wildman–Crippen LogP) is 3.91. The van der Waals surface area contributed by atoms with E-state index in [0.29, 0.717) is 11.1 Å². The molecule has 0 amide bonds. The zero-order chi connectivity index (χ0) is 36.6. The Morgan fingerprint density at radius 1 is 0.286 bits per heavy atom. The number of rotatable bonds is 12. The summed E-state index contributed by atoms with van der Waals surface area (Å²) in [6, 6.07) is 82.4. The minimum atomic E-state index is -2.04. The molecule has 1 nitrogen and oxygen atoms in total. The van der Waals surface area contributed by atoms with Gasteiger partial charge in [-0.2, -0.15) is 0 Å². The van der Waals surface area contributed by atoms with Gasteiger partial charge in [0, 0.05) is 11.1 Å². The van der Waals surface area contributed by atoms with Gasteiger partial charge in [-0.15, -0.1) is 0 Å². The molecule has 8 aromatic carbocycles. The molecule has 276 valence electrons. The number of halogens is 2. The summed E-state index contributed by atoms with van der Waals surface area (Å²) in [5.74, 6) is 0.0403. The highest BCUT2D eigenvalue weighted by molar-refractivity contribution is 7.95. The number of carbonyl (C=O) groups excluding carboxylic acids is 1. The van der Waals surface area contributed by atoms with Gasteiger partial charge in [0.2, 0.25) is 0 Å². The van der Waals surface area contributed by atoms with E-state index in [-0.39, 0.29) is 39.7 Å². The minimum Gasteiger partial charge on any atom is -1.00 e. The molecule has 0 heterocycles. The van der Waals surface area contributed by atoms with Crippen LogP contribution in [0, 0.1) is 0 Å². The van der Waals surface area contributed by atoms with Crippen LogP contribution in [0.15, 0.2) is 231 Å². The fraction of sp³-hybridized carbons (Fsp3) is 0.0392. The van der Waals surface area contributed by atoms with Crippen LogP contribution in [-0.4, -0.2) is 5.78 Å². The van der Waals surface area contributed by atoms with Gasteiger partial charge in [0.1, 0.15) is 46.4 Å². The molecular formula is C51H42Br2OP2. The molecule has 0 aliphatic heterocycles. The summed E-state index contributed by atoms with van der Waals surface area (Å²) in [6.07, 6.45) is 1.73. The summed E-state index contributed by atoms with van der Waals surface area (Å²) in [6.45, 7) is 0. The Morgan fingerprint density at radius 2 is 0.482 bits per heavy atom. The quantitative estimate of drug-likeness (QED) is 0.135. The van der Waals surface area contributed by atoms with Gasteiger partial charge in [-0.05, 0) is 83.9 Å². The molecule has 0 saturated carbocycles. The maximum atomic E-state index is 14.0. The minimum absolute atomic E-state index is 0. The zero-order valence-corrected chi connectivity index (χ0v) is 35.9. The third kappa shape index (κ3) is 8.34. The summed E-state index contributed by atoms with van der Waals surface area (Å²) in [5.41, 5.74) is 3.84. The first-order chi connectivity index (χ1) is 26.7. The fourth-order valence-corrected chi connectivity index (χ4v) is 16.3. The molecule has 0 N–H and O–H groups in total. The van der Waals surface area contributed by atoms with E-state index in [2.05, 4.69) is 206 Å². The van der Waals surface area contributed by atoms with E-state index < -0.39 is 14.5 Å². The van der Waals surface area contributed by atoms with Crippen LogP contribution >= 0.6 is 14.5 Å². The van der Waals surface area contributed by atoms with Crippen LogP contribution in [0.2, 0.25) is 0 Å². The summed E-state index contributed by atoms with van der Waals surface area (Å²) in [7, 11) is -4.09. The smallest absolute Gasteiger partial charge is 0.193 e. The van der Waals surface area contributed by atoms with Gasteiger partial charge in [-0.1, -0.05) is 158 Å². The Labute approximate surface area is 353 Å². The molecule has 0 radical (unpaired) electrons. The predicted molar refractivity (Wildman–Crippen MR) is 234 cm³/mol. The van der Waals surface area contributed by atoms with Crippen molar-refractivity contribution < 1.29 is 38.8 Å². The SMILES string of the molecule is O=C(c1ccc(C[P+](c2ccccc2)(c2ccccc2)c2ccccc2)cc1)c1ccc(C[P+](c2ccccc2)(c2ccccc2)c2ccccc2)cc1.[Br-].[Br-]. The fourth-order valence-electron chi connectivity index (χ4n) is 7.77. The van der Waals surface area contributed by atoms with Crippen molar-refractivity contribution >= 4 is 52.1 Å². The van der Waals surface area contributed by atoms with Crippen molar-refractivity contribution in [3.8, 4) is 0 Å². The van der Waals surface area contributed by atoms with Gasteiger partial charge in [0.05, 0.1) is 12.3 Å². The molecule has 8 rings (SSSR count). The Kier molecular flexibility index (Phi) is 13.8. The van der Waals surface area contributed by atoms with Gasteiger partial charge < -0.3 is 34.0 Å². The van der Waals surface area contributed by atoms with Gasteiger partial charge in [-0.3, -0.25) is 4.79 Å². The van der Waals surface area contributed by atoms with Crippen molar-refractivity contribution in [1.29, 1.82) is 0 Å². The first kappa shape index (κ1) is 40.9. The van der Waals surface area contributed by atoms with Crippen molar-refractivity contribution in [2.24, 2.45) is 0 Å². The lowest BCUT2D eigenvalue weighted by Crippen LogP contribution is -3.00. The second-order valence-electron chi connectivity index (χ2n) is 13.7. The second kappa shape index (κ2) is 18.9. The van der Waals surface area contributed by atoms with Crippen molar-refractivity contribution in [3.63, 3.8) is 0 Å². The Hall–Kier alpha value is -4.75. The van der Waals surface area contributed by atoms with E-state index in [0.717, 1.165) is 12.3 Å². The Bertz CT molecular complexity index is 2040. The monoisotopic (exact) mass is 890 g/mol. The Morgan fingerprint density at radius 3 is 0.679 bits per heavy atom. The molecule has 0 aliphatic carbocycles. The number of ketones is 1. The summed E-state index contributed by atoms with van der Waals surface area (Å²) >= 11 is 0. The first-order valence-electron chi connectivity index (χ1n) is 18.5. The lowest BCUT2D eigenvalue weighted by atomic mass is 10.0. The zero-order valence-electron chi connectivity index (χ0n) is 30.9.